The van der Waals surface area contributed by atoms with E-state index < -0.39 is 0 Å². The molecule has 4 saturated carbocycles. The quantitative estimate of drug-likeness (QED) is 0.338. The summed E-state index contributed by atoms with van der Waals surface area (Å²) in [6.07, 6.45) is 40.1. The third-order valence-corrected chi connectivity index (χ3v) is 10.9. The Kier molecular flexibility index (Phi) is 11.7. The predicted molar refractivity (Wildman–Crippen MR) is 173 cm³/mol. The van der Waals surface area contributed by atoms with Gasteiger partial charge < -0.3 is 0 Å². The molecule has 4 fully saturated rings. The molecule has 220 valence electrons. The third-order valence-electron chi connectivity index (χ3n) is 10.9. The summed E-state index contributed by atoms with van der Waals surface area (Å²) >= 11 is 0. The van der Waals surface area contributed by atoms with Gasteiger partial charge in [-0.15, -0.1) is 0 Å². The van der Waals surface area contributed by atoms with E-state index in [1.54, 1.807) is 0 Å². The fourth-order valence-electron chi connectivity index (χ4n) is 9.16. The Labute approximate surface area is 244 Å². The summed E-state index contributed by atoms with van der Waals surface area (Å²) in [5.74, 6) is 9.36. The van der Waals surface area contributed by atoms with E-state index in [1.807, 2.05) is 0 Å². The molecule has 8 unspecified atom stereocenters. The van der Waals surface area contributed by atoms with Crippen LogP contribution in [0.2, 0.25) is 0 Å². The first-order valence-corrected chi connectivity index (χ1v) is 17.4. The Balaban J connectivity index is 0.000000155. The summed E-state index contributed by atoms with van der Waals surface area (Å²) in [5, 5.41) is 0. The lowest BCUT2D eigenvalue weighted by Gasteiger charge is -2.28. The highest BCUT2D eigenvalue weighted by Crippen LogP contribution is 2.49. The Morgan fingerprint density at radius 2 is 0.795 bits per heavy atom. The summed E-state index contributed by atoms with van der Waals surface area (Å²) in [6.45, 7) is 13.7. The summed E-state index contributed by atoms with van der Waals surface area (Å²) in [5.41, 5.74) is 0.500. The van der Waals surface area contributed by atoms with Gasteiger partial charge in [0.05, 0.1) is 0 Å². The fourth-order valence-corrected chi connectivity index (χ4v) is 9.16. The molecular weight excluding hydrogens is 468 g/mol. The molecule has 0 aromatic carbocycles. The van der Waals surface area contributed by atoms with Gasteiger partial charge in [-0.25, -0.2) is 0 Å². The maximum absolute atomic E-state index is 2.50. The van der Waals surface area contributed by atoms with E-state index in [0.29, 0.717) is 5.41 Å². The van der Waals surface area contributed by atoms with Crippen LogP contribution in [0.5, 0.6) is 0 Å². The average molecular weight is 533 g/mol. The molecule has 6 rings (SSSR count). The van der Waals surface area contributed by atoms with Gasteiger partial charge in [-0.05, 0) is 90.3 Å². The number of rotatable bonds is 4. The zero-order chi connectivity index (χ0) is 27.8. The van der Waals surface area contributed by atoms with Gasteiger partial charge in [-0.3, -0.25) is 0 Å². The minimum Gasteiger partial charge on any atom is -0.0806 e. The largest absolute Gasteiger partial charge is 0.0806 e. The minimum absolute atomic E-state index is 0.500. The smallest absolute Gasteiger partial charge is 0.0136 e. The molecule has 0 amide bonds. The highest BCUT2D eigenvalue weighted by molar-refractivity contribution is 5.19. The first-order valence-electron chi connectivity index (χ1n) is 17.4. The molecule has 0 bridgehead atoms. The van der Waals surface area contributed by atoms with Crippen LogP contribution in [0.15, 0.2) is 48.6 Å². The standard InChI is InChI=1S/2C17H26.C5H12/c2*1-13-11-15(12-14-7-3-2-4-8-14)17-10-6-5-9-16(13)17;1-5(2,3)4/h2*5-6,9-10,13-17H,2-4,7-8,11-12H2,1H3;1-4H3. The number of fused-ring (bicyclic) bond motifs is 2. The molecule has 8 atom stereocenters. The summed E-state index contributed by atoms with van der Waals surface area (Å²) in [6, 6.07) is 0. The van der Waals surface area contributed by atoms with Crippen LogP contribution in [-0.2, 0) is 0 Å². The van der Waals surface area contributed by atoms with Crippen molar-refractivity contribution in [3.63, 3.8) is 0 Å². The molecule has 0 radical (unpaired) electrons. The van der Waals surface area contributed by atoms with Gasteiger partial charge in [0.2, 0.25) is 0 Å². The molecule has 0 saturated heterocycles. The van der Waals surface area contributed by atoms with Crippen molar-refractivity contribution in [2.24, 2.45) is 64.6 Å². The van der Waals surface area contributed by atoms with Crippen molar-refractivity contribution in [2.75, 3.05) is 0 Å². The van der Waals surface area contributed by atoms with Gasteiger partial charge in [0.1, 0.15) is 0 Å². The van der Waals surface area contributed by atoms with Crippen molar-refractivity contribution in [3.8, 4) is 0 Å². The fraction of sp³-hybridized carbons (Fsp3) is 0.795. The molecule has 6 aliphatic carbocycles. The van der Waals surface area contributed by atoms with Crippen LogP contribution in [0.4, 0.5) is 0 Å². The van der Waals surface area contributed by atoms with Crippen molar-refractivity contribution >= 4 is 0 Å². The van der Waals surface area contributed by atoms with Crippen LogP contribution in [0.1, 0.15) is 131 Å². The Morgan fingerprint density at radius 1 is 0.487 bits per heavy atom. The van der Waals surface area contributed by atoms with Crippen molar-refractivity contribution in [2.45, 2.75) is 131 Å². The molecule has 0 aliphatic heterocycles. The van der Waals surface area contributed by atoms with Gasteiger partial charge in [-0.1, -0.05) is 154 Å². The molecule has 0 aromatic heterocycles. The normalized spacial score (nSPS) is 37.9. The zero-order valence-electron chi connectivity index (χ0n) is 26.8. The second-order valence-corrected chi connectivity index (χ2v) is 16.3. The van der Waals surface area contributed by atoms with E-state index in [4.69, 9.17) is 0 Å². The SMILES string of the molecule is CC(C)(C)C.CC1CC(CC2CCCCC2)C2C=CC=CC12.CC1CC(CC2CCCCC2)C2C=CC=CC12. The van der Waals surface area contributed by atoms with E-state index in [-0.39, 0.29) is 0 Å². The third kappa shape index (κ3) is 9.50. The summed E-state index contributed by atoms with van der Waals surface area (Å²) in [7, 11) is 0. The second kappa shape index (κ2) is 14.7. The topological polar surface area (TPSA) is 0 Å². The maximum atomic E-state index is 2.50. The number of hydrogen-bond acceptors (Lipinski definition) is 0. The molecule has 0 heteroatoms. The van der Waals surface area contributed by atoms with Crippen LogP contribution in [-0.4, -0.2) is 0 Å². The van der Waals surface area contributed by atoms with Crippen LogP contribution in [0, 0.1) is 64.6 Å². The lowest BCUT2D eigenvalue weighted by Crippen LogP contribution is -2.18. The molecule has 39 heavy (non-hydrogen) atoms. The second-order valence-electron chi connectivity index (χ2n) is 16.3. The van der Waals surface area contributed by atoms with E-state index in [1.165, 1.54) is 89.9 Å². The molecular formula is C39H64. The van der Waals surface area contributed by atoms with Crippen molar-refractivity contribution in [1.29, 1.82) is 0 Å². The van der Waals surface area contributed by atoms with E-state index in [0.717, 1.165) is 59.2 Å². The Hall–Kier alpha value is -1.04. The predicted octanol–water partition coefficient (Wildman–Crippen LogP) is 12.0. The van der Waals surface area contributed by atoms with Gasteiger partial charge in [0, 0.05) is 0 Å². The molecule has 0 nitrogen and oxygen atoms in total. The van der Waals surface area contributed by atoms with Gasteiger partial charge in [0.25, 0.3) is 0 Å². The van der Waals surface area contributed by atoms with Crippen LogP contribution < -0.4 is 0 Å². The highest BCUT2D eigenvalue weighted by atomic mass is 14.4. The first-order chi connectivity index (χ1) is 18.7. The molecule has 0 spiro atoms. The van der Waals surface area contributed by atoms with Crippen LogP contribution in [0.25, 0.3) is 0 Å². The number of hydrogen-bond donors (Lipinski definition) is 0. The van der Waals surface area contributed by atoms with E-state index in [9.17, 15) is 0 Å². The van der Waals surface area contributed by atoms with Gasteiger partial charge in [-0.2, -0.15) is 0 Å². The molecule has 6 aliphatic rings. The summed E-state index contributed by atoms with van der Waals surface area (Å²) in [4.78, 5) is 0. The van der Waals surface area contributed by atoms with Crippen molar-refractivity contribution in [3.05, 3.63) is 48.6 Å². The van der Waals surface area contributed by atoms with Crippen molar-refractivity contribution in [1.82, 2.24) is 0 Å². The Morgan fingerprint density at radius 3 is 1.13 bits per heavy atom. The lowest BCUT2D eigenvalue weighted by molar-refractivity contribution is 0.263. The maximum Gasteiger partial charge on any atom is -0.0136 e. The molecule has 0 aromatic rings. The first kappa shape index (κ1) is 30.9. The van der Waals surface area contributed by atoms with E-state index in [2.05, 4.69) is 90.2 Å². The van der Waals surface area contributed by atoms with Crippen LogP contribution >= 0.6 is 0 Å². The van der Waals surface area contributed by atoms with Gasteiger partial charge >= 0.3 is 0 Å². The zero-order valence-corrected chi connectivity index (χ0v) is 26.8. The number of allylic oxidation sites excluding steroid dienone is 8. The summed E-state index contributed by atoms with van der Waals surface area (Å²) < 4.78 is 0. The Bertz CT molecular complexity index is 751. The van der Waals surface area contributed by atoms with E-state index >= 15 is 0 Å². The molecule has 0 heterocycles. The van der Waals surface area contributed by atoms with Gasteiger partial charge in [0.15, 0.2) is 0 Å². The lowest BCUT2D eigenvalue weighted by atomic mass is 9.77. The van der Waals surface area contributed by atoms with Crippen molar-refractivity contribution < 1.29 is 0 Å². The monoisotopic (exact) mass is 533 g/mol. The minimum atomic E-state index is 0.500. The van der Waals surface area contributed by atoms with Crippen LogP contribution in [0.3, 0.4) is 0 Å². The molecule has 0 N–H and O–H groups in total. The highest BCUT2D eigenvalue weighted by Gasteiger charge is 2.40. The average Bonchev–Trinajstić information content (AvgIpc) is 3.41.